The van der Waals surface area contributed by atoms with Crippen LogP contribution in [0.15, 0.2) is 4.99 Å². The first-order valence-corrected chi connectivity index (χ1v) is 10.2. The Balaban J connectivity index is 1.64. The van der Waals surface area contributed by atoms with E-state index >= 15 is 0 Å². The van der Waals surface area contributed by atoms with Gasteiger partial charge in [-0.1, -0.05) is 0 Å². The highest BCUT2D eigenvalue weighted by Crippen LogP contribution is 2.30. The van der Waals surface area contributed by atoms with Crippen molar-refractivity contribution in [1.82, 2.24) is 25.8 Å². The number of carbonyl (C=O) groups is 2. The molecule has 2 fully saturated rings. The largest absolute Gasteiger partial charge is 0.357 e. The minimum absolute atomic E-state index is 0.118. The van der Waals surface area contributed by atoms with Crippen molar-refractivity contribution in [1.29, 1.82) is 0 Å². The molecule has 1 aromatic rings. The number of aliphatic imine (C=N–C) groups is 1. The minimum Gasteiger partial charge on any atom is -0.357 e. The van der Waals surface area contributed by atoms with Crippen LogP contribution in [0.2, 0.25) is 0 Å². The quantitative estimate of drug-likeness (QED) is 0.410. The summed E-state index contributed by atoms with van der Waals surface area (Å²) in [7, 11) is 0. The van der Waals surface area contributed by atoms with Crippen LogP contribution in [-0.4, -0.2) is 53.0 Å². The smallest absolute Gasteiger partial charge is 0.322 e. The molecular formula is C18H28N6O2S. The van der Waals surface area contributed by atoms with E-state index in [-0.39, 0.29) is 11.8 Å². The number of carbonyl (C=O) groups excluding carboxylic acids is 2. The van der Waals surface area contributed by atoms with Gasteiger partial charge in [-0.2, -0.15) is 0 Å². The van der Waals surface area contributed by atoms with E-state index in [1.165, 1.54) is 4.88 Å². The van der Waals surface area contributed by atoms with Gasteiger partial charge in [0.15, 0.2) is 5.96 Å². The maximum absolute atomic E-state index is 12.2. The van der Waals surface area contributed by atoms with Crippen LogP contribution in [0.3, 0.4) is 0 Å². The van der Waals surface area contributed by atoms with Crippen LogP contribution in [0.5, 0.6) is 0 Å². The fraction of sp³-hybridized carbons (Fsp3) is 0.667. The Bertz CT molecular complexity index is 734. The molecule has 8 nitrogen and oxygen atoms in total. The van der Waals surface area contributed by atoms with Gasteiger partial charge in [-0.3, -0.25) is 10.1 Å². The Morgan fingerprint density at radius 1 is 1.37 bits per heavy atom. The van der Waals surface area contributed by atoms with Crippen molar-refractivity contribution in [3.63, 3.8) is 0 Å². The standard InChI is InChI=1S/C18H28N6O2S/c1-5-19-16(20-10-14-21-11(2)12(3)27-14)24-8-6-13(7-9-24)18(4)15(25)22-17(26)23-18/h13H,5-10H2,1-4H3,(H,19,20)(H2,22,23,25,26). The van der Waals surface area contributed by atoms with Gasteiger partial charge in [0.2, 0.25) is 0 Å². The molecule has 2 saturated heterocycles. The number of likely N-dealkylation sites (tertiary alicyclic amines) is 1. The molecule has 2 aliphatic heterocycles. The van der Waals surface area contributed by atoms with E-state index < -0.39 is 11.6 Å². The van der Waals surface area contributed by atoms with Gasteiger partial charge in [-0.25, -0.2) is 14.8 Å². The first kappa shape index (κ1) is 19.6. The number of urea groups is 1. The molecule has 3 amide bonds. The molecule has 0 aromatic carbocycles. The fourth-order valence-corrected chi connectivity index (χ4v) is 4.55. The number of amides is 3. The van der Waals surface area contributed by atoms with Crippen LogP contribution in [0.4, 0.5) is 4.79 Å². The van der Waals surface area contributed by atoms with Crippen molar-refractivity contribution < 1.29 is 9.59 Å². The molecule has 3 rings (SSSR count). The summed E-state index contributed by atoms with van der Waals surface area (Å²) < 4.78 is 0. The topological polar surface area (TPSA) is 98.7 Å². The summed E-state index contributed by atoms with van der Waals surface area (Å²) in [5, 5.41) is 9.54. The lowest BCUT2D eigenvalue weighted by atomic mass is 9.79. The first-order chi connectivity index (χ1) is 12.8. The van der Waals surface area contributed by atoms with Crippen molar-refractivity contribution in [3.8, 4) is 0 Å². The third-order valence-corrected chi connectivity index (χ3v) is 6.51. The summed E-state index contributed by atoms with van der Waals surface area (Å²) in [6, 6.07) is -0.395. The molecule has 0 bridgehead atoms. The minimum atomic E-state index is -0.811. The molecule has 1 unspecified atom stereocenters. The number of guanidine groups is 1. The third-order valence-electron chi connectivity index (χ3n) is 5.45. The predicted octanol–water partition coefficient (Wildman–Crippen LogP) is 1.54. The zero-order valence-electron chi connectivity index (χ0n) is 16.4. The van der Waals surface area contributed by atoms with Gasteiger partial charge < -0.3 is 15.5 Å². The van der Waals surface area contributed by atoms with E-state index in [9.17, 15) is 9.59 Å². The summed E-state index contributed by atoms with van der Waals surface area (Å²) in [6.45, 7) is 10.9. The van der Waals surface area contributed by atoms with Gasteiger partial charge in [0, 0.05) is 24.5 Å². The number of nitrogens with zero attached hydrogens (tertiary/aromatic N) is 3. The number of rotatable bonds is 4. The number of nitrogens with one attached hydrogen (secondary N) is 3. The van der Waals surface area contributed by atoms with Gasteiger partial charge in [0.25, 0.3) is 5.91 Å². The average Bonchev–Trinajstić information content (AvgIpc) is 3.09. The summed E-state index contributed by atoms with van der Waals surface area (Å²) in [5.74, 6) is 0.778. The Morgan fingerprint density at radius 2 is 2.07 bits per heavy atom. The second-order valence-electron chi connectivity index (χ2n) is 7.29. The average molecular weight is 393 g/mol. The molecule has 3 N–H and O–H groups in total. The lowest BCUT2D eigenvalue weighted by Crippen LogP contribution is -2.55. The zero-order chi connectivity index (χ0) is 19.6. The monoisotopic (exact) mass is 392 g/mol. The number of hydrogen-bond donors (Lipinski definition) is 3. The molecule has 0 radical (unpaired) electrons. The number of thiazole rings is 1. The van der Waals surface area contributed by atoms with Crippen molar-refractivity contribution in [2.45, 2.75) is 52.6 Å². The van der Waals surface area contributed by atoms with Crippen molar-refractivity contribution in [2.24, 2.45) is 10.9 Å². The highest BCUT2D eigenvalue weighted by atomic mass is 32.1. The van der Waals surface area contributed by atoms with E-state index in [0.717, 1.165) is 49.1 Å². The molecule has 148 valence electrons. The molecule has 0 saturated carbocycles. The van der Waals surface area contributed by atoms with Crippen LogP contribution in [0.25, 0.3) is 0 Å². The van der Waals surface area contributed by atoms with Gasteiger partial charge in [0.05, 0.1) is 12.2 Å². The highest BCUT2D eigenvalue weighted by Gasteiger charge is 2.48. The second kappa shape index (κ2) is 7.84. The summed E-state index contributed by atoms with van der Waals surface area (Å²) in [6.07, 6.45) is 1.65. The Kier molecular flexibility index (Phi) is 5.69. The Labute approximate surface area is 163 Å². The number of piperidine rings is 1. The summed E-state index contributed by atoms with van der Waals surface area (Å²) in [4.78, 5) is 36.5. The number of aryl methyl sites for hydroxylation is 2. The van der Waals surface area contributed by atoms with Crippen molar-refractivity contribution in [3.05, 3.63) is 15.6 Å². The number of hydrogen-bond acceptors (Lipinski definition) is 5. The molecule has 27 heavy (non-hydrogen) atoms. The van der Waals surface area contributed by atoms with E-state index in [1.54, 1.807) is 11.3 Å². The number of aromatic nitrogens is 1. The van der Waals surface area contributed by atoms with Crippen LogP contribution in [-0.2, 0) is 11.3 Å². The molecule has 1 aromatic heterocycles. The highest BCUT2D eigenvalue weighted by molar-refractivity contribution is 7.11. The maximum Gasteiger partial charge on any atom is 0.322 e. The SMILES string of the molecule is CCNC(=NCc1nc(C)c(C)s1)N1CCC(C2(C)NC(=O)NC2=O)CC1. The van der Waals surface area contributed by atoms with Crippen LogP contribution < -0.4 is 16.0 Å². The normalized spacial score (nSPS) is 24.1. The predicted molar refractivity (Wildman–Crippen MR) is 106 cm³/mol. The lowest BCUT2D eigenvalue weighted by molar-refractivity contribution is -0.125. The molecular weight excluding hydrogens is 364 g/mol. The first-order valence-electron chi connectivity index (χ1n) is 9.43. The van der Waals surface area contributed by atoms with Gasteiger partial charge in [-0.05, 0) is 46.5 Å². The molecule has 1 atom stereocenters. The Morgan fingerprint density at radius 3 is 2.59 bits per heavy atom. The fourth-order valence-electron chi connectivity index (χ4n) is 3.69. The molecule has 9 heteroatoms. The van der Waals surface area contributed by atoms with E-state index in [4.69, 9.17) is 4.99 Å². The molecule has 2 aliphatic rings. The molecule has 0 aliphatic carbocycles. The van der Waals surface area contributed by atoms with E-state index in [2.05, 4.69) is 39.7 Å². The van der Waals surface area contributed by atoms with Gasteiger partial charge >= 0.3 is 6.03 Å². The van der Waals surface area contributed by atoms with E-state index in [0.29, 0.717) is 6.54 Å². The maximum atomic E-state index is 12.2. The third kappa shape index (κ3) is 4.07. The van der Waals surface area contributed by atoms with Crippen LogP contribution >= 0.6 is 11.3 Å². The zero-order valence-corrected chi connectivity index (χ0v) is 17.2. The van der Waals surface area contributed by atoms with Gasteiger partial charge in [0.1, 0.15) is 10.5 Å². The molecule has 3 heterocycles. The Hall–Kier alpha value is -2.16. The van der Waals surface area contributed by atoms with Crippen molar-refractivity contribution in [2.75, 3.05) is 19.6 Å². The number of imide groups is 1. The van der Waals surface area contributed by atoms with Crippen LogP contribution in [0, 0.1) is 19.8 Å². The van der Waals surface area contributed by atoms with Gasteiger partial charge in [-0.15, -0.1) is 11.3 Å². The van der Waals surface area contributed by atoms with Crippen LogP contribution in [0.1, 0.15) is 42.3 Å². The summed E-state index contributed by atoms with van der Waals surface area (Å²) >= 11 is 1.69. The lowest BCUT2D eigenvalue weighted by Gasteiger charge is -2.39. The molecule has 0 spiro atoms. The summed E-state index contributed by atoms with van der Waals surface area (Å²) in [5.41, 5.74) is 0.260. The van der Waals surface area contributed by atoms with E-state index in [1.807, 2.05) is 13.8 Å². The second-order valence-corrected chi connectivity index (χ2v) is 8.58. The van der Waals surface area contributed by atoms with Crippen molar-refractivity contribution >= 4 is 29.2 Å².